The molecule has 7 heteroatoms. The predicted octanol–water partition coefficient (Wildman–Crippen LogP) is 1.94. The van der Waals surface area contributed by atoms with E-state index >= 15 is 0 Å². The molecule has 1 aromatic carbocycles. The second-order valence-corrected chi connectivity index (χ2v) is 8.29. The molecular formula is C14H18ClFN2O2S. The van der Waals surface area contributed by atoms with Crippen molar-refractivity contribution in [2.45, 2.75) is 19.0 Å². The highest BCUT2D eigenvalue weighted by molar-refractivity contribution is 7.88. The molecule has 1 aromatic rings. The summed E-state index contributed by atoms with van der Waals surface area (Å²) in [5.74, 6) is 0.143. The molecule has 2 saturated heterocycles. The largest absolute Gasteiger partial charge is 0.297 e. The Morgan fingerprint density at radius 1 is 1.38 bits per heavy atom. The van der Waals surface area contributed by atoms with Crippen molar-refractivity contribution in [1.82, 2.24) is 9.21 Å². The molecule has 0 radical (unpaired) electrons. The minimum absolute atomic E-state index is 0.0455. The third-order valence-electron chi connectivity index (χ3n) is 4.42. The van der Waals surface area contributed by atoms with Gasteiger partial charge in [-0.05, 0) is 31.0 Å². The maximum absolute atomic E-state index is 13.8. The van der Waals surface area contributed by atoms with E-state index in [2.05, 4.69) is 4.90 Å². The number of benzene rings is 1. The van der Waals surface area contributed by atoms with Gasteiger partial charge in [-0.15, -0.1) is 0 Å². The summed E-state index contributed by atoms with van der Waals surface area (Å²) in [7, 11) is -3.13. The van der Waals surface area contributed by atoms with Crippen molar-refractivity contribution in [3.63, 3.8) is 0 Å². The molecule has 2 fully saturated rings. The van der Waals surface area contributed by atoms with Crippen LogP contribution in [0.3, 0.4) is 0 Å². The number of likely N-dealkylation sites (tertiary alicyclic amines) is 1. The fourth-order valence-corrected chi connectivity index (χ4v) is 4.58. The van der Waals surface area contributed by atoms with Crippen LogP contribution in [0.5, 0.6) is 0 Å². The molecule has 21 heavy (non-hydrogen) atoms. The lowest BCUT2D eigenvalue weighted by atomic mass is 9.84. The monoisotopic (exact) mass is 332 g/mol. The van der Waals surface area contributed by atoms with Crippen molar-refractivity contribution in [1.29, 1.82) is 0 Å². The molecule has 0 spiro atoms. The summed E-state index contributed by atoms with van der Waals surface area (Å²) in [4.78, 5) is 2.12. The second kappa shape index (κ2) is 5.50. The summed E-state index contributed by atoms with van der Waals surface area (Å²) in [6.07, 6.45) is 2.22. The van der Waals surface area contributed by atoms with Crippen molar-refractivity contribution >= 4 is 21.6 Å². The molecule has 2 atom stereocenters. The average Bonchev–Trinajstić information content (AvgIpc) is 2.34. The number of piperidine rings is 1. The van der Waals surface area contributed by atoms with Crippen LogP contribution in [0.4, 0.5) is 4.39 Å². The van der Waals surface area contributed by atoms with Crippen LogP contribution >= 0.6 is 11.6 Å². The highest BCUT2D eigenvalue weighted by atomic mass is 35.5. The Balaban J connectivity index is 1.68. The summed E-state index contributed by atoms with van der Waals surface area (Å²) < 4.78 is 38.7. The Kier molecular flexibility index (Phi) is 3.98. The lowest BCUT2D eigenvalue weighted by molar-refractivity contribution is 0.0107. The van der Waals surface area contributed by atoms with Crippen molar-refractivity contribution in [2.75, 3.05) is 25.9 Å². The van der Waals surface area contributed by atoms with Crippen LogP contribution < -0.4 is 0 Å². The molecule has 3 rings (SSSR count). The number of nitrogens with zero attached hydrogens (tertiary/aromatic N) is 2. The molecule has 2 aliphatic heterocycles. The van der Waals surface area contributed by atoms with Crippen LogP contribution in [0.15, 0.2) is 18.2 Å². The standard InChI is InChI=1S/C14H18ClFN2O2S/c1-21(19,20)18-8-11-4-5-17(9-14(11)18)7-10-2-3-12(15)6-13(10)16/h2-3,6,11,14H,4-5,7-9H2,1H3/t11-,14-/m1/s1. The van der Waals surface area contributed by atoms with E-state index in [1.165, 1.54) is 12.3 Å². The highest BCUT2D eigenvalue weighted by Crippen LogP contribution is 2.34. The molecular weight excluding hydrogens is 315 g/mol. The van der Waals surface area contributed by atoms with E-state index in [4.69, 9.17) is 11.6 Å². The summed E-state index contributed by atoms with van der Waals surface area (Å²) in [6, 6.07) is 4.73. The van der Waals surface area contributed by atoms with Gasteiger partial charge in [-0.2, -0.15) is 4.31 Å². The molecule has 0 N–H and O–H groups in total. The van der Waals surface area contributed by atoms with Crippen molar-refractivity contribution in [3.8, 4) is 0 Å². The Morgan fingerprint density at radius 3 is 2.81 bits per heavy atom. The second-order valence-electron chi connectivity index (χ2n) is 5.92. The Labute approximate surface area is 129 Å². The van der Waals surface area contributed by atoms with E-state index in [1.54, 1.807) is 16.4 Å². The van der Waals surface area contributed by atoms with E-state index < -0.39 is 10.0 Å². The lowest BCUT2D eigenvalue weighted by Gasteiger charge is -2.52. The van der Waals surface area contributed by atoms with Gasteiger partial charge in [0, 0.05) is 36.3 Å². The molecule has 4 nitrogen and oxygen atoms in total. The molecule has 0 aliphatic carbocycles. The maximum Gasteiger partial charge on any atom is 0.211 e. The SMILES string of the molecule is CS(=O)(=O)N1C[C@H]2CCN(Cc3ccc(Cl)cc3F)C[C@H]21. The van der Waals surface area contributed by atoms with E-state index in [1.807, 2.05) is 0 Å². The first-order valence-electron chi connectivity index (χ1n) is 6.97. The topological polar surface area (TPSA) is 40.6 Å². The number of rotatable bonds is 3. The summed E-state index contributed by atoms with van der Waals surface area (Å²) >= 11 is 5.75. The van der Waals surface area contributed by atoms with Gasteiger partial charge in [-0.1, -0.05) is 17.7 Å². The molecule has 2 aliphatic rings. The molecule has 116 valence electrons. The Hall–Kier alpha value is -0.690. The molecule has 2 heterocycles. The summed E-state index contributed by atoms with van der Waals surface area (Å²) in [6.45, 7) is 2.66. The van der Waals surface area contributed by atoms with Gasteiger partial charge in [0.2, 0.25) is 10.0 Å². The van der Waals surface area contributed by atoms with Gasteiger partial charge in [0.05, 0.1) is 6.26 Å². The zero-order chi connectivity index (χ0) is 15.2. The molecule has 0 unspecified atom stereocenters. The Morgan fingerprint density at radius 2 is 2.14 bits per heavy atom. The molecule has 0 saturated carbocycles. The first kappa shape index (κ1) is 15.2. The highest BCUT2D eigenvalue weighted by Gasteiger charge is 2.46. The minimum Gasteiger partial charge on any atom is -0.297 e. The predicted molar refractivity (Wildman–Crippen MR) is 80.1 cm³/mol. The number of hydrogen-bond donors (Lipinski definition) is 0. The Bertz CT molecular complexity index is 652. The van der Waals surface area contributed by atoms with Crippen LogP contribution in [-0.4, -0.2) is 49.6 Å². The first-order valence-corrected chi connectivity index (χ1v) is 9.20. The van der Waals surface area contributed by atoms with Crippen molar-refractivity contribution in [2.24, 2.45) is 5.92 Å². The normalized spacial score (nSPS) is 27.2. The number of halogens is 2. The summed E-state index contributed by atoms with van der Waals surface area (Å²) in [5.41, 5.74) is 0.600. The number of hydrogen-bond acceptors (Lipinski definition) is 3. The van der Waals surface area contributed by atoms with E-state index in [0.29, 0.717) is 36.1 Å². The van der Waals surface area contributed by atoms with Crippen LogP contribution in [0.25, 0.3) is 0 Å². The fraction of sp³-hybridized carbons (Fsp3) is 0.571. The van der Waals surface area contributed by atoms with Crippen molar-refractivity contribution in [3.05, 3.63) is 34.6 Å². The number of fused-ring (bicyclic) bond motifs is 1. The maximum atomic E-state index is 13.8. The third-order valence-corrected chi connectivity index (χ3v) is 5.93. The fourth-order valence-electron chi connectivity index (χ4n) is 3.23. The molecule has 0 bridgehead atoms. The quantitative estimate of drug-likeness (QED) is 0.849. The van der Waals surface area contributed by atoms with Gasteiger partial charge in [0.1, 0.15) is 5.82 Å². The van der Waals surface area contributed by atoms with E-state index in [9.17, 15) is 12.8 Å². The third kappa shape index (κ3) is 3.08. The van der Waals surface area contributed by atoms with Gasteiger partial charge >= 0.3 is 0 Å². The van der Waals surface area contributed by atoms with E-state index in [-0.39, 0.29) is 11.9 Å². The minimum atomic E-state index is -3.13. The van der Waals surface area contributed by atoms with Crippen LogP contribution in [0, 0.1) is 11.7 Å². The van der Waals surface area contributed by atoms with Gasteiger partial charge in [-0.25, -0.2) is 12.8 Å². The van der Waals surface area contributed by atoms with Gasteiger partial charge in [0.25, 0.3) is 0 Å². The molecule has 0 amide bonds. The first-order chi connectivity index (χ1) is 9.84. The van der Waals surface area contributed by atoms with Crippen LogP contribution in [-0.2, 0) is 16.6 Å². The zero-order valence-electron chi connectivity index (χ0n) is 11.8. The summed E-state index contributed by atoms with van der Waals surface area (Å²) in [5, 5.41) is 0.386. The van der Waals surface area contributed by atoms with Gasteiger partial charge in [-0.3, -0.25) is 4.90 Å². The zero-order valence-corrected chi connectivity index (χ0v) is 13.4. The van der Waals surface area contributed by atoms with Crippen LogP contribution in [0.1, 0.15) is 12.0 Å². The average molecular weight is 333 g/mol. The lowest BCUT2D eigenvalue weighted by Crippen LogP contribution is -2.65. The van der Waals surface area contributed by atoms with Crippen LogP contribution in [0.2, 0.25) is 5.02 Å². The van der Waals surface area contributed by atoms with E-state index in [0.717, 1.165) is 13.0 Å². The molecule has 0 aromatic heterocycles. The number of sulfonamides is 1. The van der Waals surface area contributed by atoms with Crippen molar-refractivity contribution < 1.29 is 12.8 Å². The smallest absolute Gasteiger partial charge is 0.211 e. The van der Waals surface area contributed by atoms with Gasteiger partial charge < -0.3 is 0 Å². The van der Waals surface area contributed by atoms with Gasteiger partial charge in [0.15, 0.2) is 0 Å².